The monoisotopic (exact) mass is 245 g/mol. The lowest BCUT2D eigenvalue weighted by Crippen LogP contribution is -2.10. The molecule has 0 aliphatic carbocycles. The second kappa shape index (κ2) is 3.75. The number of hydrogen-bond donors (Lipinski definition) is 2. The molecule has 1 aliphatic heterocycles. The molecule has 2 N–H and O–H groups in total. The minimum Gasteiger partial charge on any atom is -0.338 e. The summed E-state index contributed by atoms with van der Waals surface area (Å²) in [6.45, 7) is 0. The van der Waals surface area contributed by atoms with Crippen molar-refractivity contribution < 1.29 is 4.79 Å². The summed E-state index contributed by atoms with van der Waals surface area (Å²) in [4.78, 5) is 16.1. The molecular weight excluding hydrogens is 238 g/mol. The van der Waals surface area contributed by atoms with Crippen molar-refractivity contribution in [3.63, 3.8) is 0 Å². The SMILES string of the molecule is O=C1Nc2cccnc2Nc2cc(Cl)ccc21. The van der Waals surface area contributed by atoms with Gasteiger partial charge in [-0.3, -0.25) is 4.79 Å². The lowest BCUT2D eigenvalue weighted by molar-refractivity contribution is 0.102. The molecule has 5 heteroatoms. The van der Waals surface area contributed by atoms with Crippen molar-refractivity contribution >= 4 is 34.7 Å². The number of aromatic nitrogens is 1. The van der Waals surface area contributed by atoms with E-state index >= 15 is 0 Å². The normalized spacial score (nSPS) is 12.9. The van der Waals surface area contributed by atoms with Crippen molar-refractivity contribution in [3.05, 3.63) is 47.1 Å². The Kier molecular flexibility index (Phi) is 2.23. The summed E-state index contributed by atoms with van der Waals surface area (Å²) >= 11 is 5.91. The zero-order chi connectivity index (χ0) is 11.8. The van der Waals surface area contributed by atoms with E-state index in [1.807, 2.05) is 0 Å². The molecule has 84 valence electrons. The van der Waals surface area contributed by atoms with Gasteiger partial charge in [-0.05, 0) is 30.3 Å². The van der Waals surface area contributed by atoms with E-state index < -0.39 is 0 Å². The minimum absolute atomic E-state index is 0.170. The maximum atomic E-state index is 12.0. The van der Waals surface area contributed by atoms with Crippen LogP contribution in [0.25, 0.3) is 0 Å². The number of carbonyl (C=O) groups excluding carboxylic acids is 1. The van der Waals surface area contributed by atoms with Gasteiger partial charge in [0.2, 0.25) is 0 Å². The third kappa shape index (κ3) is 1.72. The number of amides is 1. The molecule has 0 saturated carbocycles. The molecule has 0 saturated heterocycles. The molecule has 1 aliphatic rings. The Morgan fingerprint density at radius 3 is 2.88 bits per heavy atom. The van der Waals surface area contributed by atoms with Crippen LogP contribution in [-0.2, 0) is 0 Å². The number of anilines is 3. The van der Waals surface area contributed by atoms with Gasteiger partial charge in [-0.1, -0.05) is 11.6 Å². The van der Waals surface area contributed by atoms with E-state index in [0.717, 1.165) is 0 Å². The van der Waals surface area contributed by atoms with Gasteiger partial charge >= 0.3 is 0 Å². The van der Waals surface area contributed by atoms with Crippen LogP contribution in [0.5, 0.6) is 0 Å². The van der Waals surface area contributed by atoms with Gasteiger partial charge in [0, 0.05) is 11.2 Å². The van der Waals surface area contributed by atoms with Crippen LogP contribution in [0, 0.1) is 0 Å². The molecule has 0 bridgehead atoms. The van der Waals surface area contributed by atoms with Crippen molar-refractivity contribution in [2.45, 2.75) is 0 Å². The van der Waals surface area contributed by atoms with Gasteiger partial charge in [0.15, 0.2) is 5.82 Å². The average molecular weight is 246 g/mol. The van der Waals surface area contributed by atoms with E-state index in [4.69, 9.17) is 11.6 Å². The van der Waals surface area contributed by atoms with E-state index in [1.54, 1.807) is 36.5 Å². The zero-order valence-electron chi connectivity index (χ0n) is 8.70. The summed E-state index contributed by atoms with van der Waals surface area (Å²) in [6, 6.07) is 8.64. The molecule has 0 unspecified atom stereocenters. The van der Waals surface area contributed by atoms with E-state index in [0.29, 0.717) is 27.8 Å². The molecule has 1 aromatic carbocycles. The van der Waals surface area contributed by atoms with Crippen LogP contribution in [0.3, 0.4) is 0 Å². The molecule has 1 amide bonds. The lowest BCUT2D eigenvalue weighted by atomic mass is 10.1. The first kappa shape index (κ1) is 10.1. The van der Waals surface area contributed by atoms with Gasteiger partial charge in [0.1, 0.15) is 0 Å². The summed E-state index contributed by atoms with van der Waals surface area (Å²) < 4.78 is 0. The predicted octanol–water partition coefficient (Wildman–Crippen LogP) is 3.04. The Morgan fingerprint density at radius 2 is 2.00 bits per heavy atom. The topological polar surface area (TPSA) is 54.0 Å². The summed E-state index contributed by atoms with van der Waals surface area (Å²) in [5, 5.41) is 6.46. The van der Waals surface area contributed by atoms with Crippen LogP contribution in [0.4, 0.5) is 17.2 Å². The Bertz CT molecular complexity index is 612. The van der Waals surface area contributed by atoms with Gasteiger partial charge in [-0.25, -0.2) is 4.98 Å². The summed E-state index contributed by atoms with van der Waals surface area (Å²) in [7, 11) is 0. The maximum absolute atomic E-state index is 12.0. The molecule has 0 atom stereocenters. The van der Waals surface area contributed by atoms with Crippen molar-refractivity contribution in [3.8, 4) is 0 Å². The molecule has 2 heterocycles. The number of pyridine rings is 1. The highest BCUT2D eigenvalue weighted by Crippen LogP contribution is 2.31. The predicted molar refractivity (Wildman–Crippen MR) is 66.9 cm³/mol. The number of carbonyl (C=O) groups is 1. The van der Waals surface area contributed by atoms with Gasteiger partial charge in [-0.15, -0.1) is 0 Å². The molecule has 2 aromatic rings. The number of rotatable bonds is 0. The lowest BCUT2D eigenvalue weighted by Gasteiger charge is -2.06. The Labute approximate surface area is 103 Å². The number of fused-ring (bicyclic) bond motifs is 2. The Morgan fingerprint density at radius 1 is 1.12 bits per heavy atom. The highest BCUT2D eigenvalue weighted by molar-refractivity contribution is 6.31. The summed E-state index contributed by atoms with van der Waals surface area (Å²) in [5.74, 6) is 0.442. The zero-order valence-corrected chi connectivity index (χ0v) is 9.45. The number of halogens is 1. The fourth-order valence-electron chi connectivity index (χ4n) is 1.74. The Balaban J connectivity index is 2.18. The maximum Gasteiger partial charge on any atom is 0.257 e. The van der Waals surface area contributed by atoms with Gasteiger partial charge < -0.3 is 10.6 Å². The smallest absolute Gasteiger partial charge is 0.257 e. The number of benzene rings is 1. The average Bonchev–Trinajstić information content (AvgIpc) is 2.44. The number of nitrogens with zero attached hydrogens (tertiary/aromatic N) is 1. The summed E-state index contributed by atoms with van der Waals surface area (Å²) in [6.07, 6.45) is 1.66. The largest absolute Gasteiger partial charge is 0.338 e. The second-order valence-corrected chi connectivity index (χ2v) is 4.11. The van der Waals surface area contributed by atoms with Gasteiger partial charge in [-0.2, -0.15) is 0 Å². The van der Waals surface area contributed by atoms with E-state index in [9.17, 15) is 4.79 Å². The van der Waals surface area contributed by atoms with Crippen molar-refractivity contribution in [2.75, 3.05) is 10.6 Å². The van der Waals surface area contributed by atoms with E-state index in [1.165, 1.54) is 0 Å². The van der Waals surface area contributed by atoms with Crippen molar-refractivity contribution in [1.29, 1.82) is 0 Å². The number of nitrogens with one attached hydrogen (secondary N) is 2. The standard InChI is InChI=1S/C12H8ClN3O/c13-7-3-4-8-10(6-7)15-11-9(16-12(8)17)2-1-5-14-11/h1-6H,(H,14,15)(H,16,17). The van der Waals surface area contributed by atoms with Crippen molar-refractivity contribution in [2.24, 2.45) is 0 Å². The quantitative estimate of drug-likeness (QED) is 0.750. The fraction of sp³-hybridized carbons (Fsp3) is 0. The summed E-state index contributed by atoms with van der Waals surface area (Å²) in [5.41, 5.74) is 1.87. The van der Waals surface area contributed by atoms with Crippen LogP contribution in [0.15, 0.2) is 36.5 Å². The van der Waals surface area contributed by atoms with E-state index in [-0.39, 0.29) is 5.91 Å². The van der Waals surface area contributed by atoms with Crippen LogP contribution < -0.4 is 10.6 Å². The van der Waals surface area contributed by atoms with Crippen LogP contribution in [0.1, 0.15) is 10.4 Å². The Hall–Kier alpha value is -2.07. The molecule has 0 radical (unpaired) electrons. The highest BCUT2D eigenvalue weighted by Gasteiger charge is 2.19. The van der Waals surface area contributed by atoms with Crippen LogP contribution in [0.2, 0.25) is 5.02 Å². The highest BCUT2D eigenvalue weighted by atomic mass is 35.5. The molecular formula is C12H8ClN3O. The van der Waals surface area contributed by atoms with Crippen molar-refractivity contribution in [1.82, 2.24) is 4.98 Å². The first-order valence-corrected chi connectivity index (χ1v) is 5.45. The fourth-order valence-corrected chi connectivity index (χ4v) is 1.91. The van der Waals surface area contributed by atoms with E-state index in [2.05, 4.69) is 15.6 Å². The third-order valence-corrected chi connectivity index (χ3v) is 2.77. The van der Waals surface area contributed by atoms with Gasteiger partial charge in [0.05, 0.1) is 16.9 Å². The molecule has 17 heavy (non-hydrogen) atoms. The van der Waals surface area contributed by atoms with Crippen LogP contribution >= 0.6 is 11.6 Å². The molecule has 3 rings (SSSR count). The number of hydrogen-bond acceptors (Lipinski definition) is 3. The van der Waals surface area contributed by atoms with Crippen LogP contribution in [-0.4, -0.2) is 10.9 Å². The molecule has 0 fully saturated rings. The molecule has 1 aromatic heterocycles. The van der Waals surface area contributed by atoms with Gasteiger partial charge in [0.25, 0.3) is 5.91 Å². The molecule has 0 spiro atoms. The first-order valence-electron chi connectivity index (χ1n) is 5.07. The molecule has 4 nitrogen and oxygen atoms in total. The third-order valence-electron chi connectivity index (χ3n) is 2.54. The minimum atomic E-state index is -0.170. The first-order chi connectivity index (χ1) is 8.24. The second-order valence-electron chi connectivity index (χ2n) is 3.67.